The van der Waals surface area contributed by atoms with E-state index in [0.29, 0.717) is 9.04 Å². The van der Waals surface area contributed by atoms with Gasteiger partial charge in [0.1, 0.15) is 5.82 Å². The molecule has 9 heteroatoms. The van der Waals surface area contributed by atoms with Crippen LogP contribution in [-0.4, -0.2) is 29.3 Å². The van der Waals surface area contributed by atoms with Crippen molar-refractivity contribution in [2.45, 2.75) is 18.0 Å². The number of alkyl halides is 2. The summed E-state index contributed by atoms with van der Waals surface area (Å²) >= 11 is 3.20. The molecule has 1 aromatic heterocycles. The quantitative estimate of drug-likeness (QED) is 0.802. The summed E-state index contributed by atoms with van der Waals surface area (Å²) in [6.07, 6.45) is 2.32. The summed E-state index contributed by atoms with van der Waals surface area (Å²) in [7, 11) is -2.45. The molecule has 0 bridgehead atoms. The smallest absolute Gasteiger partial charge is 0.277 e. The minimum Gasteiger partial charge on any atom is -0.277 e. The number of aromatic nitrogens is 2. The molecule has 0 fully saturated rings. The second-order valence-corrected chi connectivity index (χ2v) is 7.21. The van der Waals surface area contributed by atoms with Crippen LogP contribution in [0, 0.1) is 0 Å². The van der Waals surface area contributed by atoms with Crippen LogP contribution in [0.25, 0.3) is 0 Å². The zero-order valence-corrected chi connectivity index (χ0v) is 13.4. The van der Waals surface area contributed by atoms with Crippen molar-refractivity contribution in [2.24, 2.45) is 0 Å². The van der Waals surface area contributed by atoms with E-state index in [1.807, 2.05) is 0 Å². The van der Waals surface area contributed by atoms with E-state index in [-0.39, 0.29) is 17.3 Å². The van der Waals surface area contributed by atoms with Crippen LogP contribution in [0.3, 0.4) is 0 Å². The molecule has 2 rings (SSSR count). The van der Waals surface area contributed by atoms with E-state index in [1.165, 1.54) is 25.4 Å². The summed E-state index contributed by atoms with van der Waals surface area (Å²) in [6.45, 7) is -3.00. The molecular formula is C12H12BrF2N3O2S. The Labute approximate surface area is 129 Å². The molecule has 0 N–H and O–H groups in total. The van der Waals surface area contributed by atoms with Gasteiger partial charge in [-0.15, -0.1) is 0 Å². The molecule has 0 radical (unpaired) electrons. The summed E-state index contributed by atoms with van der Waals surface area (Å²) in [5.41, 5.74) is 0. The van der Waals surface area contributed by atoms with E-state index in [9.17, 15) is 17.2 Å². The fraction of sp³-hybridized carbons (Fsp3) is 0.250. The molecule has 2 aromatic rings. The predicted octanol–water partition coefficient (Wildman–Crippen LogP) is 2.86. The van der Waals surface area contributed by atoms with Crippen LogP contribution < -0.4 is 0 Å². The average Bonchev–Trinajstić information content (AvgIpc) is 2.87. The molecule has 0 saturated carbocycles. The molecule has 21 heavy (non-hydrogen) atoms. The number of hydrogen-bond donors (Lipinski definition) is 0. The van der Waals surface area contributed by atoms with E-state index >= 15 is 0 Å². The third-order valence-corrected chi connectivity index (χ3v) is 5.12. The van der Waals surface area contributed by atoms with Gasteiger partial charge in [0.15, 0.2) is 0 Å². The zero-order chi connectivity index (χ0) is 15.6. The van der Waals surface area contributed by atoms with Crippen molar-refractivity contribution in [3.8, 4) is 0 Å². The van der Waals surface area contributed by atoms with E-state index in [2.05, 4.69) is 20.9 Å². The Morgan fingerprint density at radius 1 is 1.43 bits per heavy atom. The standard InChI is InChI=1S/C12H12BrF2N3O2S/c1-17(8-11-16-5-6-18(11)12(14)15)21(19,20)10-4-2-3-9(13)7-10/h2-7,12H,8H2,1H3. The third kappa shape index (κ3) is 3.47. The Kier molecular flexibility index (Phi) is 4.74. The summed E-state index contributed by atoms with van der Waals surface area (Å²) < 4.78 is 52.4. The maximum absolute atomic E-state index is 12.7. The van der Waals surface area contributed by atoms with Crippen molar-refractivity contribution in [1.29, 1.82) is 0 Å². The van der Waals surface area contributed by atoms with Gasteiger partial charge in [-0.1, -0.05) is 22.0 Å². The second-order valence-electron chi connectivity index (χ2n) is 4.25. The number of nitrogens with zero attached hydrogens (tertiary/aromatic N) is 3. The molecule has 0 aliphatic heterocycles. The predicted molar refractivity (Wildman–Crippen MR) is 76.3 cm³/mol. The number of halogens is 3. The van der Waals surface area contributed by atoms with Crippen molar-refractivity contribution in [3.63, 3.8) is 0 Å². The number of sulfonamides is 1. The van der Waals surface area contributed by atoms with Gasteiger partial charge in [-0.25, -0.2) is 13.4 Å². The largest absolute Gasteiger partial charge is 0.319 e. The maximum atomic E-state index is 12.7. The Morgan fingerprint density at radius 2 is 2.14 bits per heavy atom. The summed E-state index contributed by atoms with van der Waals surface area (Å²) in [6, 6.07) is 6.18. The van der Waals surface area contributed by atoms with E-state index in [1.54, 1.807) is 12.1 Å². The van der Waals surface area contributed by atoms with Crippen molar-refractivity contribution in [2.75, 3.05) is 7.05 Å². The zero-order valence-electron chi connectivity index (χ0n) is 10.9. The topological polar surface area (TPSA) is 55.2 Å². The average molecular weight is 380 g/mol. The molecule has 0 amide bonds. The highest BCUT2D eigenvalue weighted by atomic mass is 79.9. The molecule has 0 saturated heterocycles. The van der Waals surface area contributed by atoms with E-state index in [4.69, 9.17) is 0 Å². The maximum Gasteiger partial charge on any atom is 0.319 e. The van der Waals surface area contributed by atoms with Crippen LogP contribution >= 0.6 is 15.9 Å². The van der Waals surface area contributed by atoms with Gasteiger partial charge in [-0.05, 0) is 18.2 Å². The van der Waals surface area contributed by atoms with Crippen molar-refractivity contribution in [3.05, 3.63) is 47.0 Å². The van der Waals surface area contributed by atoms with Gasteiger partial charge in [0.2, 0.25) is 10.0 Å². The molecule has 0 atom stereocenters. The lowest BCUT2D eigenvalue weighted by molar-refractivity contribution is 0.0658. The first-order valence-corrected chi connectivity index (χ1v) is 8.07. The highest BCUT2D eigenvalue weighted by Gasteiger charge is 2.23. The minimum atomic E-state index is -3.77. The van der Waals surface area contributed by atoms with Gasteiger partial charge in [0.05, 0.1) is 11.4 Å². The Morgan fingerprint density at radius 3 is 2.76 bits per heavy atom. The van der Waals surface area contributed by atoms with Gasteiger partial charge in [-0.2, -0.15) is 13.1 Å². The van der Waals surface area contributed by atoms with Crippen LogP contribution in [0.5, 0.6) is 0 Å². The van der Waals surface area contributed by atoms with Crippen LogP contribution in [0.1, 0.15) is 12.4 Å². The minimum absolute atomic E-state index is 0.0222. The van der Waals surface area contributed by atoms with E-state index < -0.39 is 16.6 Å². The Hall–Kier alpha value is -1.32. The summed E-state index contributed by atoms with van der Waals surface area (Å²) in [5.74, 6) is -0.0222. The first-order valence-electron chi connectivity index (χ1n) is 5.84. The second kappa shape index (κ2) is 6.20. The lowest BCUT2D eigenvalue weighted by atomic mass is 10.4. The summed E-state index contributed by atoms with van der Waals surface area (Å²) in [5, 5.41) is 0. The van der Waals surface area contributed by atoms with Crippen molar-refractivity contribution >= 4 is 26.0 Å². The van der Waals surface area contributed by atoms with E-state index in [0.717, 1.165) is 10.5 Å². The lowest BCUT2D eigenvalue weighted by Gasteiger charge is -2.17. The first kappa shape index (κ1) is 16.1. The third-order valence-electron chi connectivity index (χ3n) is 2.83. The summed E-state index contributed by atoms with van der Waals surface area (Å²) in [4.78, 5) is 3.85. The van der Waals surface area contributed by atoms with Gasteiger partial charge in [0.25, 0.3) is 0 Å². The Balaban J connectivity index is 2.27. The van der Waals surface area contributed by atoms with Crippen LogP contribution in [-0.2, 0) is 16.6 Å². The fourth-order valence-electron chi connectivity index (χ4n) is 1.74. The molecule has 5 nitrogen and oxygen atoms in total. The van der Waals surface area contributed by atoms with Crippen LogP contribution in [0.15, 0.2) is 46.0 Å². The number of imidazole rings is 1. The van der Waals surface area contributed by atoms with Gasteiger partial charge in [-0.3, -0.25) is 4.57 Å². The first-order chi connectivity index (χ1) is 9.82. The van der Waals surface area contributed by atoms with Gasteiger partial charge in [0, 0.05) is 23.9 Å². The number of rotatable bonds is 5. The molecule has 1 aromatic carbocycles. The van der Waals surface area contributed by atoms with Crippen molar-refractivity contribution in [1.82, 2.24) is 13.9 Å². The number of hydrogen-bond acceptors (Lipinski definition) is 3. The monoisotopic (exact) mass is 379 g/mol. The van der Waals surface area contributed by atoms with Crippen LogP contribution in [0.4, 0.5) is 8.78 Å². The molecule has 0 unspecified atom stereocenters. The number of benzene rings is 1. The van der Waals surface area contributed by atoms with Gasteiger partial charge < -0.3 is 0 Å². The molecule has 114 valence electrons. The lowest BCUT2D eigenvalue weighted by Crippen LogP contribution is -2.28. The molecule has 0 aliphatic carbocycles. The highest BCUT2D eigenvalue weighted by Crippen LogP contribution is 2.21. The van der Waals surface area contributed by atoms with Crippen LogP contribution in [0.2, 0.25) is 0 Å². The molecule has 1 heterocycles. The SMILES string of the molecule is CN(Cc1nccn1C(F)F)S(=O)(=O)c1cccc(Br)c1. The molecule has 0 aliphatic rings. The fourth-order valence-corrected chi connectivity index (χ4v) is 3.46. The van der Waals surface area contributed by atoms with Gasteiger partial charge >= 0.3 is 6.55 Å². The highest BCUT2D eigenvalue weighted by molar-refractivity contribution is 9.10. The van der Waals surface area contributed by atoms with Crippen molar-refractivity contribution < 1.29 is 17.2 Å². The molecular weight excluding hydrogens is 368 g/mol. The molecule has 0 spiro atoms. The normalized spacial score (nSPS) is 12.3. The Bertz CT molecular complexity index is 734.